The SMILES string of the molecule is Cc1nn(C)c(C)c1NC(=O)C[NH+](C)CC(=O)Nc1cccc(F)c1. The first-order valence-corrected chi connectivity index (χ1v) is 7.93. The minimum absolute atomic E-state index is 0.0922. The second kappa shape index (κ2) is 7.89. The molecule has 1 aromatic carbocycles. The maximum atomic E-state index is 13.1. The molecule has 0 aliphatic carbocycles. The van der Waals surface area contributed by atoms with Crippen LogP contribution in [0.4, 0.5) is 15.8 Å². The fraction of sp³-hybridized carbons (Fsp3) is 0.353. The van der Waals surface area contributed by atoms with Crippen molar-refractivity contribution in [3.8, 4) is 0 Å². The molecule has 0 saturated heterocycles. The lowest BCUT2D eigenvalue weighted by Gasteiger charge is -2.14. The molecule has 3 N–H and O–H groups in total. The van der Waals surface area contributed by atoms with Gasteiger partial charge in [0.2, 0.25) is 0 Å². The molecule has 134 valence electrons. The number of benzene rings is 1. The van der Waals surface area contributed by atoms with Gasteiger partial charge in [-0.25, -0.2) is 4.39 Å². The number of amides is 2. The third-order valence-corrected chi connectivity index (χ3v) is 3.81. The second-order valence-electron chi connectivity index (χ2n) is 6.09. The van der Waals surface area contributed by atoms with Crippen molar-refractivity contribution in [1.82, 2.24) is 9.78 Å². The van der Waals surface area contributed by atoms with Gasteiger partial charge in [0.25, 0.3) is 11.8 Å². The number of quaternary nitrogens is 1. The van der Waals surface area contributed by atoms with Crippen molar-refractivity contribution < 1.29 is 18.9 Å². The van der Waals surface area contributed by atoms with E-state index >= 15 is 0 Å². The molecule has 2 rings (SSSR count). The van der Waals surface area contributed by atoms with Gasteiger partial charge in [-0.2, -0.15) is 5.10 Å². The summed E-state index contributed by atoms with van der Waals surface area (Å²) < 4.78 is 14.8. The first-order chi connectivity index (χ1) is 11.8. The molecule has 1 heterocycles. The third-order valence-electron chi connectivity index (χ3n) is 3.81. The lowest BCUT2D eigenvalue weighted by atomic mass is 10.3. The van der Waals surface area contributed by atoms with Crippen LogP contribution in [0.15, 0.2) is 24.3 Å². The number of carbonyl (C=O) groups is 2. The highest BCUT2D eigenvalue weighted by Crippen LogP contribution is 2.17. The van der Waals surface area contributed by atoms with Crippen molar-refractivity contribution in [2.75, 3.05) is 30.8 Å². The molecule has 1 aromatic heterocycles. The molecule has 0 aliphatic rings. The van der Waals surface area contributed by atoms with Gasteiger partial charge in [0.15, 0.2) is 13.1 Å². The smallest absolute Gasteiger partial charge is 0.279 e. The number of hydrogen-bond acceptors (Lipinski definition) is 3. The van der Waals surface area contributed by atoms with Gasteiger partial charge in [-0.15, -0.1) is 0 Å². The normalized spacial score (nSPS) is 11.9. The lowest BCUT2D eigenvalue weighted by molar-refractivity contribution is -0.862. The number of nitrogens with one attached hydrogen (secondary N) is 3. The van der Waals surface area contributed by atoms with Crippen LogP contribution in [0, 0.1) is 19.7 Å². The second-order valence-corrected chi connectivity index (χ2v) is 6.09. The van der Waals surface area contributed by atoms with Gasteiger partial charge < -0.3 is 15.5 Å². The van der Waals surface area contributed by atoms with Crippen molar-refractivity contribution in [2.45, 2.75) is 13.8 Å². The van der Waals surface area contributed by atoms with Gasteiger partial charge in [-0.3, -0.25) is 14.3 Å². The van der Waals surface area contributed by atoms with E-state index in [0.29, 0.717) is 16.3 Å². The summed E-state index contributed by atoms with van der Waals surface area (Å²) in [6.45, 7) is 3.92. The van der Waals surface area contributed by atoms with Gasteiger partial charge in [-0.1, -0.05) is 6.07 Å². The van der Waals surface area contributed by atoms with Crippen molar-refractivity contribution in [3.05, 3.63) is 41.5 Å². The Labute approximate surface area is 145 Å². The fourth-order valence-electron chi connectivity index (χ4n) is 2.52. The van der Waals surface area contributed by atoms with Crippen LogP contribution >= 0.6 is 0 Å². The summed E-state index contributed by atoms with van der Waals surface area (Å²) in [6.07, 6.45) is 0. The van der Waals surface area contributed by atoms with Gasteiger partial charge in [0.05, 0.1) is 24.1 Å². The highest BCUT2D eigenvalue weighted by atomic mass is 19.1. The Bertz CT molecular complexity index is 787. The van der Waals surface area contributed by atoms with E-state index in [9.17, 15) is 14.0 Å². The van der Waals surface area contributed by atoms with Gasteiger partial charge in [0, 0.05) is 12.7 Å². The Morgan fingerprint density at radius 3 is 2.40 bits per heavy atom. The standard InChI is InChI=1S/C17H22FN5O2/c1-11-17(12(2)23(4)21-11)20-16(25)10-22(3)9-15(24)19-14-7-5-6-13(18)8-14/h5-8H,9-10H2,1-4H3,(H,19,24)(H,20,25)/p+1. The molecule has 0 fully saturated rings. The summed E-state index contributed by atoms with van der Waals surface area (Å²) in [6, 6.07) is 5.68. The predicted molar refractivity (Wildman–Crippen MR) is 93.0 cm³/mol. The summed E-state index contributed by atoms with van der Waals surface area (Å²) in [5.41, 5.74) is 2.70. The fourth-order valence-corrected chi connectivity index (χ4v) is 2.52. The Morgan fingerprint density at radius 2 is 1.84 bits per heavy atom. The first kappa shape index (κ1) is 18.6. The van der Waals surface area contributed by atoms with Crippen LogP contribution in [0.5, 0.6) is 0 Å². The van der Waals surface area contributed by atoms with Gasteiger partial charge >= 0.3 is 0 Å². The minimum Gasteiger partial charge on any atom is -0.322 e. The van der Waals surface area contributed by atoms with E-state index in [1.807, 2.05) is 20.9 Å². The van der Waals surface area contributed by atoms with Crippen LogP contribution in [0.25, 0.3) is 0 Å². The van der Waals surface area contributed by atoms with E-state index in [-0.39, 0.29) is 24.9 Å². The largest absolute Gasteiger partial charge is 0.322 e. The summed E-state index contributed by atoms with van der Waals surface area (Å²) in [5, 5.41) is 9.70. The molecule has 25 heavy (non-hydrogen) atoms. The highest BCUT2D eigenvalue weighted by Gasteiger charge is 2.17. The molecular formula is C17H23FN5O2+. The van der Waals surface area contributed by atoms with Crippen LogP contribution in [-0.2, 0) is 16.6 Å². The van der Waals surface area contributed by atoms with Crippen molar-refractivity contribution in [3.63, 3.8) is 0 Å². The molecule has 0 bridgehead atoms. The molecule has 2 amide bonds. The van der Waals surface area contributed by atoms with E-state index in [0.717, 1.165) is 11.4 Å². The topological polar surface area (TPSA) is 80.5 Å². The third kappa shape index (κ3) is 5.12. The van der Waals surface area contributed by atoms with E-state index in [4.69, 9.17) is 0 Å². The van der Waals surface area contributed by atoms with E-state index in [1.54, 1.807) is 17.8 Å². The average Bonchev–Trinajstić information content (AvgIpc) is 2.73. The highest BCUT2D eigenvalue weighted by molar-refractivity contribution is 5.93. The zero-order valence-corrected chi connectivity index (χ0v) is 14.8. The molecule has 0 aliphatic heterocycles. The minimum atomic E-state index is -0.417. The van der Waals surface area contributed by atoms with Gasteiger partial charge in [-0.05, 0) is 32.0 Å². The molecule has 7 nitrogen and oxygen atoms in total. The average molecular weight is 348 g/mol. The quantitative estimate of drug-likeness (QED) is 0.701. The molecular weight excluding hydrogens is 325 g/mol. The summed E-state index contributed by atoms with van der Waals surface area (Å²) >= 11 is 0. The number of rotatable bonds is 6. The van der Waals surface area contributed by atoms with Crippen molar-refractivity contribution >= 4 is 23.2 Å². The number of likely N-dealkylation sites (N-methyl/N-ethyl adjacent to an activating group) is 1. The zero-order valence-electron chi connectivity index (χ0n) is 14.8. The van der Waals surface area contributed by atoms with E-state index in [2.05, 4.69) is 15.7 Å². The number of carbonyl (C=O) groups excluding carboxylic acids is 2. The number of aryl methyl sites for hydroxylation is 2. The summed E-state index contributed by atoms with van der Waals surface area (Å²) in [5.74, 6) is -0.903. The number of aromatic nitrogens is 2. The Balaban J connectivity index is 1.85. The Kier molecular flexibility index (Phi) is 5.87. The molecule has 0 saturated carbocycles. The van der Waals surface area contributed by atoms with E-state index in [1.165, 1.54) is 18.2 Å². The van der Waals surface area contributed by atoms with E-state index < -0.39 is 5.82 Å². The molecule has 2 aromatic rings. The summed E-state index contributed by atoms with van der Waals surface area (Å²) in [4.78, 5) is 24.9. The van der Waals surface area contributed by atoms with Crippen LogP contribution < -0.4 is 15.5 Å². The lowest BCUT2D eigenvalue weighted by Crippen LogP contribution is -3.11. The maximum absolute atomic E-state index is 13.1. The molecule has 0 spiro atoms. The monoisotopic (exact) mass is 348 g/mol. The predicted octanol–water partition coefficient (Wildman–Crippen LogP) is 0.268. The molecule has 1 unspecified atom stereocenters. The van der Waals surface area contributed by atoms with Gasteiger partial charge in [0.1, 0.15) is 5.82 Å². The van der Waals surface area contributed by atoms with Crippen LogP contribution in [0.2, 0.25) is 0 Å². The summed E-state index contributed by atoms with van der Waals surface area (Å²) in [7, 11) is 3.56. The van der Waals surface area contributed by atoms with Crippen molar-refractivity contribution in [1.29, 1.82) is 0 Å². The molecule has 0 radical (unpaired) electrons. The number of hydrogen-bond donors (Lipinski definition) is 3. The Morgan fingerprint density at radius 1 is 1.20 bits per heavy atom. The van der Waals surface area contributed by atoms with Crippen molar-refractivity contribution in [2.24, 2.45) is 7.05 Å². The van der Waals surface area contributed by atoms with Crippen LogP contribution in [0.1, 0.15) is 11.4 Å². The number of anilines is 2. The number of halogens is 1. The zero-order chi connectivity index (χ0) is 18.6. The number of nitrogens with zero attached hydrogens (tertiary/aromatic N) is 2. The Hall–Kier alpha value is -2.74. The van der Waals surface area contributed by atoms with Crippen LogP contribution in [0.3, 0.4) is 0 Å². The molecule has 8 heteroatoms. The van der Waals surface area contributed by atoms with Crippen LogP contribution in [-0.4, -0.2) is 41.7 Å². The maximum Gasteiger partial charge on any atom is 0.279 e. The first-order valence-electron chi connectivity index (χ1n) is 7.93. The molecule has 1 atom stereocenters.